The van der Waals surface area contributed by atoms with Crippen molar-refractivity contribution in [1.29, 1.82) is 0 Å². The molecule has 1 atom stereocenters. The van der Waals surface area contributed by atoms with Crippen molar-refractivity contribution < 1.29 is 8.42 Å². The number of anilines is 1. The van der Waals surface area contributed by atoms with Crippen molar-refractivity contribution in [2.24, 2.45) is 0 Å². The zero-order chi connectivity index (χ0) is 13.2. The van der Waals surface area contributed by atoms with Gasteiger partial charge < -0.3 is 10.7 Å². The maximum atomic E-state index is 12.0. The minimum atomic E-state index is -3.72. The van der Waals surface area contributed by atoms with E-state index >= 15 is 0 Å². The summed E-state index contributed by atoms with van der Waals surface area (Å²) >= 11 is 0.819. The van der Waals surface area contributed by atoms with Crippen LogP contribution in [-0.2, 0) is 10.0 Å². The lowest BCUT2D eigenvalue weighted by molar-refractivity contribution is 0.538. The Hall–Kier alpha value is -1.52. The molecular weight excluding hydrogens is 276 g/mol. The summed E-state index contributed by atoms with van der Waals surface area (Å²) in [5, 5.41) is 7.11. The Morgan fingerprint density at radius 2 is 2.33 bits per heavy atom. The van der Waals surface area contributed by atoms with Gasteiger partial charge in [-0.2, -0.15) is 4.72 Å². The molecule has 2 aromatic rings. The fourth-order valence-corrected chi connectivity index (χ4v) is 3.45. The molecule has 0 aromatic carbocycles. The van der Waals surface area contributed by atoms with Crippen molar-refractivity contribution in [3.05, 3.63) is 18.2 Å². The highest BCUT2D eigenvalue weighted by Gasteiger charge is 2.25. The normalized spacial score (nSPS) is 13.6. The third-order valence-electron chi connectivity index (χ3n) is 2.21. The first-order valence-electron chi connectivity index (χ1n) is 5.13. The molecule has 4 N–H and O–H groups in total. The molecule has 0 saturated heterocycles. The number of nitrogens with two attached hydrogens (primary N) is 1. The van der Waals surface area contributed by atoms with Crippen molar-refractivity contribution in [1.82, 2.24) is 24.9 Å². The van der Waals surface area contributed by atoms with Gasteiger partial charge in [-0.25, -0.2) is 13.4 Å². The van der Waals surface area contributed by atoms with Gasteiger partial charge in [0.15, 0.2) is 0 Å². The fourth-order valence-electron chi connectivity index (χ4n) is 1.37. The number of nitrogen functional groups attached to an aromatic ring is 1. The molecule has 2 heterocycles. The summed E-state index contributed by atoms with van der Waals surface area (Å²) in [6, 6.07) is -0.435. The van der Waals surface area contributed by atoms with Crippen LogP contribution in [0.2, 0.25) is 0 Å². The van der Waals surface area contributed by atoms with Crippen molar-refractivity contribution in [2.75, 3.05) is 5.73 Å². The fraction of sp³-hybridized carbons (Fsp3) is 0.375. The second-order valence-corrected chi connectivity index (χ2v) is 6.36. The van der Waals surface area contributed by atoms with Gasteiger partial charge in [0.25, 0.3) is 10.0 Å². The molecule has 0 bridgehead atoms. The molecule has 2 rings (SSSR count). The monoisotopic (exact) mass is 288 g/mol. The first-order valence-corrected chi connectivity index (χ1v) is 7.43. The summed E-state index contributed by atoms with van der Waals surface area (Å²) in [7, 11) is -3.72. The van der Waals surface area contributed by atoms with Gasteiger partial charge in [-0.1, -0.05) is 18.3 Å². The van der Waals surface area contributed by atoms with Crippen LogP contribution in [-0.4, -0.2) is 28.6 Å². The minimum Gasteiger partial charge on any atom is -0.374 e. The number of hydrogen-bond donors (Lipinski definition) is 3. The zero-order valence-corrected chi connectivity index (χ0v) is 11.1. The summed E-state index contributed by atoms with van der Waals surface area (Å²) in [6.07, 6.45) is 3.76. The lowest BCUT2D eigenvalue weighted by atomic mass is 10.2. The maximum absolute atomic E-state index is 12.0. The van der Waals surface area contributed by atoms with E-state index in [9.17, 15) is 8.42 Å². The number of imidazole rings is 1. The zero-order valence-electron chi connectivity index (χ0n) is 9.49. The highest BCUT2D eigenvalue weighted by atomic mass is 32.2. The molecule has 0 aliphatic heterocycles. The molecule has 98 valence electrons. The summed E-state index contributed by atoms with van der Waals surface area (Å²) in [6.45, 7) is 1.85. The highest BCUT2D eigenvalue weighted by molar-refractivity contribution is 7.91. The Morgan fingerprint density at radius 1 is 1.56 bits per heavy atom. The Balaban J connectivity index is 2.22. The molecule has 0 aliphatic rings. The van der Waals surface area contributed by atoms with Crippen LogP contribution in [0.3, 0.4) is 0 Å². The van der Waals surface area contributed by atoms with Crippen LogP contribution >= 0.6 is 11.3 Å². The quantitative estimate of drug-likeness (QED) is 0.725. The number of rotatable bonds is 5. The predicted octanol–water partition coefficient (Wildman–Crippen LogP) is 0.273. The molecule has 2 aromatic heterocycles. The van der Waals surface area contributed by atoms with Crippen LogP contribution in [0, 0.1) is 0 Å². The Bertz CT molecular complexity index is 605. The average Bonchev–Trinajstić information content (AvgIpc) is 2.96. The Morgan fingerprint density at radius 3 is 2.83 bits per heavy atom. The molecule has 1 unspecified atom stereocenters. The van der Waals surface area contributed by atoms with Crippen LogP contribution < -0.4 is 10.5 Å². The number of nitrogens with one attached hydrogen (secondary N) is 2. The second-order valence-electron chi connectivity index (χ2n) is 3.46. The van der Waals surface area contributed by atoms with Gasteiger partial charge >= 0.3 is 0 Å². The Labute approximate surface area is 108 Å². The van der Waals surface area contributed by atoms with E-state index in [1.54, 1.807) is 12.4 Å². The lowest BCUT2D eigenvalue weighted by Crippen LogP contribution is -2.29. The molecule has 0 aliphatic carbocycles. The van der Waals surface area contributed by atoms with E-state index in [2.05, 4.69) is 24.9 Å². The van der Waals surface area contributed by atoms with Crippen LogP contribution in [0.5, 0.6) is 0 Å². The van der Waals surface area contributed by atoms with Gasteiger partial charge in [0, 0.05) is 12.4 Å². The SMILES string of the molecule is CCC(NS(=O)(=O)c1nnc(N)s1)c1ncc[nH]1. The minimum absolute atomic E-state index is 0.112. The topological polar surface area (TPSA) is 127 Å². The number of aromatic amines is 1. The van der Waals surface area contributed by atoms with Crippen LogP contribution in [0.25, 0.3) is 0 Å². The lowest BCUT2D eigenvalue weighted by Gasteiger charge is -2.13. The molecular formula is C8H12N6O2S2. The van der Waals surface area contributed by atoms with Gasteiger partial charge in [0.2, 0.25) is 9.47 Å². The van der Waals surface area contributed by atoms with Gasteiger partial charge in [0.1, 0.15) is 5.82 Å². The molecule has 0 amide bonds. The van der Waals surface area contributed by atoms with Crippen LogP contribution in [0.1, 0.15) is 25.2 Å². The van der Waals surface area contributed by atoms with E-state index in [4.69, 9.17) is 5.73 Å². The average molecular weight is 288 g/mol. The van der Waals surface area contributed by atoms with Crippen molar-refractivity contribution >= 4 is 26.5 Å². The first kappa shape index (κ1) is 12.9. The summed E-state index contributed by atoms with van der Waals surface area (Å²) in [5.41, 5.74) is 5.37. The molecule has 0 radical (unpaired) electrons. The number of aromatic nitrogens is 4. The summed E-state index contributed by atoms with van der Waals surface area (Å²) < 4.78 is 26.4. The number of nitrogens with zero attached hydrogens (tertiary/aromatic N) is 3. The molecule has 0 fully saturated rings. The largest absolute Gasteiger partial charge is 0.374 e. The van der Waals surface area contributed by atoms with Crippen LogP contribution in [0.4, 0.5) is 5.13 Å². The van der Waals surface area contributed by atoms with Gasteiger partial charge in [-0.15, -0.1) is 10.2 Å². The number of hydrogen-bond acceptors (Lipinski definition) is 7. The molecule has 8 nitrogen and oxygen atoms in total. The van der Waals surface area contributed by atoms with Gasteiger partial charge in [-0.3, -0.25) is 0 Å². The molecule has 0 saturated carbocycles. The number of sulfonamides is 1. The van der Waals surface area contributed by atoms with Crippen molar-refractivity contribution in [3.63, 3.8) is 0 Å². The van der Waals surface area contributed by atoms with Gasteiger partial charge in [-0.05, 0) is 6.42 Å². The van der Waals surface area contributed by atoms with E-state index < -0.39 is 16.1 Å². The highest BCUT2D eigenvalue weighted by Crippen LogP contribution is 2.20. The smallest absolute Gasteiger partial charge is 0.270 e. The van der Waals surface area contributed by atoms with E-state index in [1.165, 1.54) is 0 Å². The summed E-state index contributed by atoms with van der Waals surface area (Å²) in [4.78, 5) is 6.90. The third-order valence-corrected chi connectivity index (χ3v) is 4.80. The molecule has 10 heteroatoms. The molecule has 18 heavy (non-hydrogen) atoms. The first-order chi connectivity index (χ1) is 8.53. The van der Waals surface area contributed by atoms with Gasteiger partial charge in [0.05, 0.1) is 6.04 Å². The Kier molecular flexibility index (Phi) is 3.59. The maximum Gasteiger partial charge on any atom is 0.270 e. The van der Waals surface area contributed by atoms with E-state index in [-0.39, 0.29) is 9.47 Å². The number of H-pyrrole nitrogens is 1. The second kappa shape index (κ2) is 5.00. The third kappa shape index (κ3) is 2.66. The molecule has 0 spiro atoms. The predicted molar refractivity (Wildman–Crippen MR) is 66.3 cm³/mol. The van der Waals surface area contributed by atoms with Crippen molar-refractivity contribution in [3.8, 4) is 0 Å². The van der Waals surface area contributed by atoms with Crippen LogP contribution in [0.15, 0.2) is 16.7 Å². The standard InChI is InChI=1S/C8H12N6O2S2/c1-2-5(6-10-3-4-11-6)14-18(15,16)8-13-12-7(9)17-8/h3-5,14H,2H2,1H3,(H2,9,12)(H,10,11). The summed E-state index contributed by atoms with van der Waals surface area (Å²) in [5.74, 6) is 0.554. The van der Waals surface area contributed by atoms with E-state index in [0.29, 0.717) is 12.2 Å². The van der Waals surface area contributed by atoms with E-state index in [0.717, 1.165) is 11.3 Å². The van der Waals surface area contributed by atoms with E-state index in [1.807, 2.05) is 6.92 Å². The van der Waals surface area contributed by atoms with Crippen molar-refractivity contribution in [2.45, 2.75) is 23.7 Å².